The summed E-state index contributed by atoms with van der Waals surface area (Å²) in [7, 11) is 0. The molecule has 7 nitrogen and oxygen atoms in total. The van der Waals surface area contributed by atoms with Crippen LogP contribution in [0.15, 0.2) is 58.3 Å². The van der Waals surface area contributed by atoms with Crippen molar-refractivity contribution >= 4 is 43.3 Å². The van der Waals surface area contributed by atoms with Gasteiger partial charge in [-0.1, -0.05) is 0 Å². The van der Waals surface area contributed by atoms with Gasteiger partial charge in [-0.15, -0.1) is 0 Å². The number of hydrogen-bond donors (Lipinski definition) is 2. The Kier molecular flexibility index (Phi) is 4.85. The average Bonchev–Trinajstić information content (AvgIpc) is 3.03. The van der Waals surface area contributed by atoms with Crippen LogP contribution in [0.2, 0.25) is 0 Å². The molecule has 0 aliphatic heterocycles. The highest BCUT2D eigenvalue weighted by Crippen LogP contribution is 2.30. The van der Waals surface area contributed by atoms with E-state index < -0.39 is 6.23 Å². The first-order chi connectivity index (χ1) is 13.0. The van der Waals surface area contributed by atoms with Crippen molar-refractivity contribution in [1.29, 1.82) is 0 Å². The van der Waals surface area contributed by atoms with Crippen LogP contribution in [0.3, 0.4) is 0 Å². The Morgan fingerprint density at radius 1 is 1.00 bits per heavy atom. The fraction of sp³-hybridized carbons (Fsp3) is 0.0588. The number of nitrogens with zero attached hydrogens (tertiary/aromatic N) is 5. The lowest BCUT2D eigenvalue weighted by atomic mass is 10.1. The Balaban J connectivity index is 1.83. The number of rotatable bonds is 4. The molecule has 3 heterocycles. The molecule has 136 valence electrons. The van der Waals surface area contributed by atoms with E-state index in [1.165, 1.54) is 24.5 Å². The molecule has 3 aromatic heterocycles. The monoisotopic (exact) mass is 492 g/mol. The van der Waals surface area contributed by atoms with Crippen LogP contribution in [0.4, 0.5) is 10.2 Å². The van der Waals surface area contributed by atoms with Crippen LogP contribution >= 0.6 is 31.9 Å². The lowest BCUT2D eigenvalue weighted by Gasteiger charge is -2.15. The maximum absolute atomic E-state index is 13.3. The van der Waals surface area contributed by atoms with Crippen LogP contribution in [0.25, 0.3) is 16.9 Å². The van der Waals surface area contributed by atoms with E-state index in [1.54, 1.807) is 28.9 Å². The van der Waals surface area contributed by atoms with E-state index in [0.29, 0.717) is 37.6 Å². The Bertz CT molecular complexity index is 1100. The fourth-order valence-corrected chi connectivity index (χ4v) is 3.14. The molecule has 1 atom stereocenters. The lowest BCUT2D eigenvalue weighted by Crippen LogP contribution is -2.14. The quantitative estimate of drug-likeness (QED) is 0.418. The van der Waals surface area contributed by atoms with Gasteiger partial charge in [-0.3, -0.25) is 4.40 Å². The van der Waals surface area contributed by atoms with Crippen molar-refractivity contribution in [1.82, 2.24) is 24.3 Å². The third-order valence-corrected chi connectivity index (χ3v) is 4.61. The molecule has 0 aliphatic rings. The van der Waals surface area contributed by atoms with E-state index in [2.05, 4.69) is 57.1 Å². The molecule has 0 amide bonds. The summed E-state index contributed by atoms with van der Waals surface area (Å²) >= 11 is 6.54. The third-order valence-electron chi connectivity index (χ3n) is 3.80. The fourth-order valence-electron chi connectivity index (χ4n) is 2.63. The number of fused-ring (bicyclic) bond motifs is 1. The molecule has 2 N–H and O–H groups in total. The minimum Gasteiger partial charge on any atom is -0.368 e. The van der Waals surface area contributed by atoms with Crippen LogP contribution in [-0.4, -0.2) is 29.4 Å². The van der Waals surface area contributed by atoms with E-state index in [1.807, 2.05) is 0 Å². The smallest absolute Gasteiger partial charge is 0.169 e. The van der Waals surface area contributed by atoms with E-state index >= 15 is 0 Å². The van der Waals surface area contributed by atoms with Gasteiger partial charge in [-0.25, -0.2) is 24.3 Å². The Labute approximate surface area is 169 Å². The molecule has 10 heteroatoms. The maximum atomic E-state index is 13.3. The number of nitrogens with one attached hydrogen (secondary N) is 1. The van der Waals surface area contributed by atoms with Crippen molar-refractivity contribution in [2.45, 2.75) is 6.23 Å². The molecular formula is C17H11Br2FN6O. The molecule has 0 saturated heterocycles. The number of benzene rings is 1. The van der Waals surface area contributed by atoms with Gasteiger partial charge in [-0.2, -0.15) is 0 Å². The van der Waals surface area contributed by atoms with E-state index in [-0.39, 0.29) is 5.82 Å². The molecule has 0 aliphatic carbocycles. The van der Waals surface area contributed by atoms with Gasteiger partial charge in [0.2, 0.25) is 0 Å². The standard InChI is InChI=1S/C17H11Br2FN6O/c18-11-5-23-13(6-21-11)24-17(27)16-15(9-1-3-10(20)4-2-9)25-14-7-22-12(19)8-26(14)16/h1-8,17,27H,(H,23,24). The van der Waals surface area contributed by atoms with Gasteiger partial charge in [0, 0.05) is 11.8 Å². The third kappa shape index (κ3) is 3.68. The van der Waals surface area contributed by atoms with E-state index in [0.717, 1.165) is 0 Å². The molecule has 0 spiro atoms. The van der Waals surface area contributed by atoms with Gasteiger partial charge in [-0.05, 0) is 56.1 Å². The van der Waals surface area contributed by atoms with Crippen molar-refractivity contribution in [3.8, 4) is 11.3 Å². The Morgan fingerprint density at radius 3 is 2.44 bits per heavy atom. The topological polar surface area (TPSA) is 88.2 Å². The zero-order valence-corrected chi connectivity index (χ0v) is 16.7. The largest absolute Gasteiger partial charge is 0.368 e. The SMILES string of the molecule is OC(Nc1cnc(Br)cn1)c1c(-c2ccc(F)cc2)nc2cnc(Br)cn12. The number of hydrogen-bond acceptors (Lipinski definition) is 6. The molecule has 27 heavy (non-hydrogen) atoms. The highest BCUT2D eigenvalue weighted by atomic mass is 79.9. The van der Waals surface area contributed by atoms with Crippen molar-refractivity contribution < 1.29 is 9.50 Å². The predicted molar refractivity (Wildman–Crippen MR) is 104 cm³/mol. The van der Waals surface area contributed by atoms with Crippen LogP contribution in [-0.2, 0) is 0 Å². The van der Waals surface area contributed by atoms with Crippen LogP contribution in [0, 0.1) is 5.82 Å². The molecular weight excluding hydrogens is 483 g/mol. The normalized spacial score (nSPS) is 12.3. The summed E-state index contributed by atoms with van der Waals surface area (Å²) in [6, 6.07) is 5.90. The van der Waals surface area contributed by atoms with Crippen molar-refractivity contribution in [2.24, 2.45) is 0 Å². The minimum absolute atomic E-state index is 0.350. The number of anilines is 1. The second kappa shape index (κ2) is 7.29. The van der Waals surface area contributed by atoms with Gasteiger partial charge in [0.1, 0.15) is 20.8 Å². The molecule has 0 radical (unpaired) electrons. The second-order valence-corrected chi connectivity index (χ2v) is 7.19. The number of aliphatic hydroxyl groups is 1. The summed E-state index contributed by atoms with van der Waals surface area (Å²) < 4.78 is 16.2. The second-order valence-electron chi connectivity index (χ2n) is 5.56. The van der Waals surface area contributed by atoms with Gasteiger partial charge >= 0.3 is 0 Å². The highest BCUT2D eigenvalue weighted by molar-refractivity contribution is 9.10. The highest BCUT2D eigenvalue weighted by Gasteiger charge is 2.22. The first kappa shape index (κ1) is 18.0. The van der Waals surface area contributed by atoms with E-state index in [4.69, 9.17) is 0 Å². The molecule has 0 saturated carbocycles. The average molecular weight is 494 g/mol. The zero-order chi connectivity index (χ0) is 19.0. The number of halogens is 3. The summed E-state index contributed by atoms with van der Waals surface area (Å²) in [5.41, 5.74) is 2.16. The number of imidazole rings is 1. The van der Waals surface area contributed by atoms with Gasteiger partial charge in [0.15, 0.2) is 11.9 Å². The molecule has 0 fully saturated rings. The van der Waals surface area contributed by atoms with Crippen molar-refractivity contribution in [2.75, 3.05) is 5.32 Å². The van der Waals surface area contributed by atoms with Crippen LogP contribution < -0.4 is 5.32 Å². The first-order valence-corrected chi connectivity index (χ1v) is 9.31. The van der Waals surface area contributed by atoms with Gasteiger partial charge in [0.05, 0.1) is 30.0 Å². The zero-order valence-electron chi connectivity index (χ0n) is 13.5. The summed E-state index contributed by atoms with van der Waals surface area (Å²) in [4.78, 5) is 16.9. The van der Waals surface area contributed by atoms with Crippen molar-refractivity contribution in [3.63, 3.8) is 0 Å². The molecule has 1 unspecified atom stereocenters. The number of aliphatic hydroxyl groups excluding tert-OH is 1. The Morgan fingerprint density at radius 2 is 1.74 bits per heavy atom. The maximum Gasteiger partial charge on any atom is 0.169 e. The minimum atomic E-state index is -1.15. The predicted octanol–water partition coefficient (Wildman–Crippen LogP) is 3.95. The number of aromatic nitrogens is 5. The van der Waals surface area contributed by atoms with Gasteiger partial charge < -0.3 is 10.4 Å². The first-order valence-electron chi connectivity index (χ1n) is 7.73. The summed E-state index contributed by atoms with van der Waals surface area (Å²) in [6.45, 7) is 0. The summed E-state index contributed by atoms with van der Waals surface area (Å²) in [6.07, 6.45) is 5.14. The van der Waals surface area contributed by atoms with Gasteiger partial charge in [0.25, 0.3) is 0 Å². The van der Waals surface area contributed by atoms with Crippen molar-refractivity contribution in [3.05, 3.63) is 69.8 Å². The lowest BCUT2D eigenvalue weighted by molar-refractivity contribution is 0.202. The van der Waals surface area contributed by atoms with Crippen LogP contribution in [0.5, 0.6) is 0 Å². The summed E-state index contributed by atoms with van der Waals surface area (Å²) in [5, 5.41) is 13.8. The molecule has 4 aromatic rings. The molecule has 0 bridgehead atoms. The Hall–Kier alpha value is -2.43. The van der Waals surface area contributed by atoms with E-state index in [9.17, 15) is 9.50 Å². The van der Waals surface area contributed by atoms with Crippen LogP contribution in [0.1, 0.15) is 11.9 Å². The summed E-state index contributed by atoms with van der Waals surface area (Å²) in [5.74, 6) is 0.0381. The molecule has 4 rings (SSSR count). The molecule has 1 aromatic carbocycles.